The van der Waals surface area contributed by atoms with Crippen molar-refractivity contribution in [3.8, 4) is 5.75 Å². The Kier molecular flexibility index (Phi) is 5.85. The van der Waals surface area contributed by atoms with Gasteiger partial charge in [-0.15, -0.1) is 0 Å². The lowest BCUT2D eigenvalue weighted by molar-refractivity contribution is -0.138. The molecule has 1 aromatic carbocycles. The zero-order valence-corrected chi connectivity index (χ0v) is 18.4. The van der Waals surface area contributed by atoms with E-state index in [1.807, 2.05) is 68.3 Å². The van der Waals surface area contributed by atoms with Gasteiger partial charge in [0.15, 0.2) is 0 Å². The van der Waals surface area contributed by atoms with Crippen molar-refractivity contribution in [3.05, 3.63) is 54.4 Å². The number of ether oxygens (including phenoxy) is 1. The van der Waals surface area contributed by atoms with E-state index in [2.05, 4.69) is 10.3 Å². The number of nitrogens with one attached hydrogen (secondary N) is 1. The number of amides is 3. The van der Waals surface area contributed by atoms with Crippen LogP contribution in [0.4, 0.5) is 10.5 Å². The van der Waals surface area contributed by atoms with Gasteiger partial charge in [0.05, 0.1) is 6.54 Å². The minimum atomic E-state index is -0.372. The molecule has 2 saturated heterocycles. The zero-order valence-electron chi connectivity index (χ0n) is 18.4. The SMILES string of the molecule is CC(C)(C)C(=O)N1CC[C@@H](Oc2ccc(NC(=O)N3CC(c4cccnc4)C3)cc2)C1. The highest BCUT2D eigenvalue weighted by Crippen LogP contribution is 2.28. The summed E-state index contributed by atoms with van der Waals surface area (Å²) in [4.78, 5) is 32.7. The number of pyridine rings is 1. The number of benzene rings is 1. The maximum Gasteiger partial charge on any atom is 0.321 e. The monoisotopic (exact) mass is 422 g/mol. The van der Waals surface area contributed by atoms with Crippen LogP contribution in [0, 0.1) is 5.41 Å². The first-order valence-electron chi connectivity index (χ1n) is 10.8. The van der Waals surface area contributed by atoms with Crippen LogP contribution in [0.25, 0.3) is 0 Å². The van der Waals surface area contributed by atoms with Crippen LogP contribution >= 0.6 is 0 Å². The zero-order chi connectivity index (χ0) is 22.0. The molecule has 31 heavy (non-hydrogen) atoms. The Morgan fingerprint density at radius 1 is 1.06 bits per heavy atom. The van der Waals surface area contributed by atoms with E-state index in [-0.39, 0.29) is 23.5 Å². The molecule has 2 aliphatic rings. The fraction of sp³-hybridized carbons (Fsp3) is 0.458. The molecule has 0 saturated carbocycles. The second-order valence-electron chi connectivity index (χ2n) is 9.37. The average Bonchev–Trinajstić information content (AvgIpc) is 3.16. The maximum atomic E-state index is 12.4. The molecule has 3 heterocycles. The molecule has 2 aliphatic heterocycles. The first kappa shape index (κ1) is 21.2. The molecule has 164 valence electrons. The van der Waals surface area contributed by atoms with Gasteiger partial charge in [0, 0.05) is 55.5 Å². The fourth-order valence-electron chi connectivity index (χ4n) is 3.97. The Labute approximate surface area is 183 Å². The highest BCUT2D eigenvalue weighted by atomic mass is 16.5. The van der Waals surface area contributed by atoms with E-state index in [9.17, 15) is 9.59 Å². The quantitative estimate of drug-likeness (QED) is 0.815. The molecular formula is C24H30N4O3. The van der Waals surface area contributed by atoms with Crippen molar-refractivity contribution in [1.82, 2.24) is 14.8 Å². The summed E-state index contributed by atoms with van der Waals surface area (Å²) < 4.78 is 6.05. The molecule has 1 atom stereocenters. The molecule has 4 rings (SSSR count). The van der Waals surface area contributed by atoms with Gasteiger partial charge in [0.2, 0.25) is 5.91 Å². The number of anilines is 1. The van der Waals surface area contributed by atoms with Gasteiger partial charge in [0.25, 0.3) is 0 Å². The Morgan fingerprint density at radius 2 is 1.81 bits per heavy atom. The third-order valence-electron chi connectivity index (χ3n) is 5.81. The van der Waals surface area contributed by atoms with Gasteiger partial charge >= 0.3 is 6.03 Å². The van der Waals surface area contributed by atoms with Crippen molar-refractivity contribution in [2.45, 2.75) is 39.2 Å². The van der Waals surface area contributed by atoms with Crippen LogP contribution in [-0.2, 0) is 4.79 Å². The molecule has 1 N–H and O–H groups in total. The minimum absolute atomic E-state index is 0.00256. The van der Waals surface area contributed by atoms with E-state index >= 15 is 0 Å². The van der Waals surface area contributed by atoms with Crippen LogP contribution in [0.15, 0.2) is 48.8 Å². The minimum Gasteiger partial charge on any atom is -0.489 e. The van der Waals surface area contributed by atoms with Gasteiger partial charge in [0.1, 0.15) is 11.9 Å². The predicted octanol–water partition coefficient (Wildman–Crippen LogP) is 3.74. The molecule has 0 unspecified atom stereocenters. The van der Waals surface area contributed by atoms with Crippen molar-refractivity contribution >= 4 is 17.6 Å². The van der Waals surface area contributed by atoms with Crippen LogP contribution < -0.4 is 10.1 Å². The molecule has 3 amide bonds. The van der Waals surface area contributed by atoms with Crippen LogP contribution in [0.5, 0.6) is 5.75 Å². The fourth-order valence-corrected chi connectivity index (χ4v) is 3.97. The summed E-state index contributed by atoms with van der Waals surface area (Å²) in [6, 6.07) is 11.3. The second-order valence-corrected chi connectivity index (χ2v) is 9.37. The van der Waals surface area contributed by atoms with Gasteiger partial charge in [-0.05, 0) is 35.9 Å². The van der Waals surface area contributed by atoms with E-state index in [0.29, 0.717) is 25.6 Å². The highest BCUT2D eigenvalue weighted by molar-refractivity contribution is 5.90. The number of carbonyl (C=O) groups is 2. The molecule has 0 aliphatic carbocycles. The van der Waals surface area contributed by atoms with Gasteiger partial charge < -0.3 is 19.9 Å². The number of hydrogen-bond acceptors (Lipinski definition) is 4. The molecule has 2 aromatic rings. The molecule has 0 radical (unpaired) electrons. The van der Waals surface area contributed by atoms with Crippen LogP contribution in [0.3, 0.4) is 0 Å². The van der Waals surface area contributed by atoms with E-state index in [1.54, 1.807) is 11.1 Å². The standard InChI is InChI=1S/C24H30N4O3/c1-24(2,3)22(29)27-12-10-21(16-27)31-20-8-6-19(7-9-20)26-23(30)28-14-18(15-28)17-5-4-11-25-13-17/h4-9,11,13,18,21H,10,12,14-16H2,1-3H3,(H,26,30)/t21-/m1/s1. The number of aromatic nitrogens is 1. The third-order valence-corrected chi connectivity index (χ3v) is 5.81. The Balaban J connectivity index is 1.24. The van der Waals surface area contributed by atoms with Gasteiger partial charge in [-0.1, -0.05) is 26.8 Å². The molecule has 1 aromatic heterocycles. The number of likely N-dealkylation sites (tertiary alicyclic amines) is 2. The summed E-state index contributed by atoms with van der Waals surface area (Å²) >= 11 is 0. The topological polar surface area (TPSA) is 74.8 Å². The summed E-state index contributed by atoms with van der Waals surface area (Å²) in [7, 11) is 0. The largest absolute Gasteiger partial charge is 0.489 e. The first-order valence-corrected chi connectivity index (χ1v) is 10.8. The highest BCUT2D eigenvalue weighted by Gasteiger charge is 2.34. The van der Waals surface area contributed by atoms with E-state index in [1.165, 1.54) is 5.56 Å². The van der Waals surface area contributed by atoms with Crippen LogP contribution in [-0.4, -0.2) is 59.0 Å². The second kappa shape index (κ2) is 8.57. The van der Waals surface area contributed by atoms with E-state index < -0.39 is 0 Å². The van der Waals surface area contributed by atoms with Crippen molar-refractivity contribution < 1.29 is 14.3 Å². The van der Waals surface area contributed by atoms with Crippen LogP contribution in [0.2, 0.25) is 0 Å². The van der Waals surface area contributed by atoms with Gasteiger partial charge in [-0.25, -0.2) is 4.79 Å². The maximum absolute atomic E-state index is 12.4. The summed E-state index contributed by atoms with van der Waals surface area (Å²) in [6.45, 7) is 8.56. The summed E-state index contributed by atoms with van der Waals surface area (Å²) in [5.41, 5.74) is 1.53. The number of urea groups is 1. The Bertz CT molecular complexity index is 918. The lowest BCUT2D eigenvalue weighted by Gasteiger charge is -2.39. The Hall–Kier alpha value is -3.09. The summed E-state index contributed by atoms with van der Waals surface area (Å²) in [5.74, 6) is 1.26. The smallest absolute Gasteiger partial charge is 0.321 e. The predicted molar refractivity (Wildman–Crippen MR) is 119 cm³/mol. The normalized spacial score (nSPS) is 19.1. The molecule has 2 fully saturated rings. The molecule has 0 bridgehead atoms. The average molecular weight is 423 g/mol. The van der Waals surface area contributed by atoms with Crippen molar-refractivity contribution in [2.24, 2.45) is 5.41 Å². The lowest BCUT2D eigenvalue weighted by atomic mass is 9.93. The molecule has 0 spiro atoms. The van der Waals surface area contributed by atoms with E-state index in [0.717, 1.165) is 24.4 Å². The summed E-state index contributed by atoms with van der Waals surface area (Å²) in [6.07, 6.45) is 4.44. The summed E-state index contributed by atoms with van der Waals surface area (Å²) in [5, 5.41) is 2.94. The lowest BCUT2D eigenvalue weighted by Crippen LogP contribution is -2.50. The number of carbonyl (C=O) groups excluding carboxylic acids is 2. The first-order chi connectivity index (χ1) is 14.8. The van der Waals surface area contributed by atoms with Gasteiger partial charge in [-0.3, -0.25) is 9.78 Å². The van der Waals surface area contributed by atoms with Gasteiger partial charge in [-0.2, -0.15) is 0 Å². The van der Waals surface area contributed by atoms with Crippen molar-refractivity contribution in [2.75, 3.05) is 31.5 Å². The number of rotatable bonds is 4. The molecule has 7 nitrogen and oxygen atoms in total. The third kappa shape index (κ3) is 4.98. The van der Waals surface area contributed by atoms with Crippen LogP contribution in [0.1, 0.15) is 38.7 Å². The van der Waals surface area contributed by atoms with Crippen molar-refractivity contribution in [1.29, 1.82) is 0 Å². The molecular weight excluding hydrogens is 392 g/mol. The Morgan fingerprint density at radius 3 is 2.45 bits per heavy atom. The molecule has 7 heteroatoms. The number of hydrogen-bond donors (Lipinski definition) is 1. The number of nitrogens with zero attached hydrogens (tertiary/aromatic N) is 3. The van der Waals surface area contributed by atoms with E-state index in [4.69, 9.17) is 4.74 Å². The van der Waals surface area contributed by atoms with Crippen molar-refractivity contribution in [3.63, 3.8) is 0 Å².